The third-order valence-electron chi connectivity index (χ3n) is 3.09. The summed E-state index contributed by atoms with van der Waals surface area (Å²) in [5.41, 5.74) is 2.85. The highest BCUT2D eigenvalue weighted by atomic mass is 32.2. The maximum Gasteiger partial charge on any atom is 0.255 e. The van der Waals surface area contributed by atoms with Crippen molar-refractivity contribution < 1.29 is 18.3 Å². The van der Waals surface area contributed by atoms with Crippen molar-refractivity contribution in [2.45, 2.75) is 4.90 Å². The molecule has 0 aromatic heterocycles. The van der Waals surface area contributed by atoms with Crippen LogP contribution in [0.3, 0.4) is 0 Å². The monoisotopic (exact) mass is 347 g/mol. The summed E-state index contributed by atoms with van der Waals surface area (Å²) in [5.74, 6) is -0.493. The molecule has 0 aliphatic heterocycles. The minimum absolute atomic E-state index is 0.0824. The molecule has 2 aromatic carbocycles. The number of nitrogens with zero attached hydrogens (tertiary/aromatic N) is 2. The van der Waals surface area contributed by atoms with Gasteiger partial charge in [-0.15, -0.1) is 0 Å². The van der Waals surface area contributed by atoms with Gasteiger partial charge in [0.25, 0.3) is 5.91 Å². The number of nitrogens with one attached hydrogen (secondary N) is 1. The van der Waals surface area contributed by atoms with Gasteiger partial charge in [-0.25, -0.2) is 13.8 Å². The standard InChI is InChI=1S/C16H17N3O4S/c1-19(24(22,23)15-8-3-2-4-9-15)12-16(21)18-17-11-13-6-5-7-14(20)10-13/h2-11,20H,12H2,1H3,(H,18,21)/b17-11-. The van der Waals surface area contributed by atoms with Crippen LogP contribution >= 0.6 is 0 Å². The van der Waals surface area contributed by atoms with E-state index in [-0.39, 0.29) is 17.2 Å². The van der Waals surface area contributed by atoms with Crippen LogP contribution in [-0.2, 0) is 14.8 Å². The minimum atomic E-state index is -3.73. The number of aromatic hydroxyl groups is 1. The first-order valence-corrected chi connectivity index (χ1v) is 8.46. The molecule has 0 heterocycles. The number of sulfonamides is 1. The van der Waals surface area contributed by atoms with Crippen molar-refractivity contribution in [1.29, 1.82) is 0 Å². The molecule has 1 amide bonds. The Hall–Kier alpha value is -2.71. The predicted molar refractivity (Wildman–Crippen MR) is 90.1 cm³/mol. The van der Waals surface area contributed by atoms with Crippen LogP contribution in [0.25, 0.3) is 0 Å². The molecule has 0 radical (unpaired) electrons. The van der Waals surface area contributed by atoms with Gasteiger partial charge in [-0.05, 0) is 29.8 Å². The molecular weight excluding hydrogens is 330 g/mol. The fourth-order valence-corrected chi connectivity index (χ4v) is 3.03. The van der Waals surface area contributed by atoms with E-state index >= 15 is 0 Å². The highest BCUT2D eigenvalue weighted by Crippen LogP contribution is 2.13. The maximum atomic E-state index is 12.3. The lowest BCUT2D eigenvalue weighted by Gasteiger charge is -2.15. The van der Waals surface area contributed by atoms with E-state index in [0.29, 0.717) is 5.56 Å². The van der Waals surface area contributed by atoms with Gasteiger partial charge in [-0.1, -0.05) is 30.3 Å². The average molecular weight is 347 g/mol. The van der Waals surface area contributed by atoms with Gasteiger partial charge < -0.3 is 5.11 Å². The molecule has 2 N–H and O–H groups in total. The van der Waals surface area contributed by atoms with Crippen molar-refractivity contribution in [2.24, 2.45) is 5.10 Å². The summed E-state index contributed by atoms with van der Waals surface area (Å²) in [7, 11) is -2.41. The predicted octanol–water partition coefficient (Wildman–Crippen LogP) is 1.16. The Morgan fingerprint density at radius 3 is 2.58 bits per heavy atom. The molecule has 126 valence electrons. The van der Waals surface area contributed by atoms with Crippen LogP contribution in [0, 0.1) is 0 Å². The van der Waals surface area contributed by atoms with Crippen LogP contribution in [0.1, 0.15) is 5.56 Å². The van der Waals surface area contributed by atoms with Gasteiger partial charge in [0.05, 0.1) is 17.7 Å². The van der Waals surface area contributed by atoms with Crippen molar-refractivity contribution in [3.8, 4) is 5.75 Å². The summed E-state index contributed by atoms with van der Waals surface area (Å²) in [6.45, 7) is -0.366. The number of hydrogen-bond acceptors (Lipinski definition) is 5. The molecule has 0 saturated heterocycles. The van der Waals surface area contributed by atoms with Crippen molar-refractivity contribution in [1.82, 2.24) is 9.73 Å². The van der Waals surface area contributed by atoms with Crippen LogP contribution in [0.4, 0.5) is 0 Å². The maximum absolute atomic E-state index is 12.3. The molecule has 2 rings (SSSR count). The molecule has 0 spiro atoms. The van der Waals surface area contributed by atoms with Crippen LogP contribution in [0.5, 0.6) is 5.75 Å². The molecule has 2 aromatic rings. The second-order valence-corrected chi connectivity index (χ2v) is 7.01. The largest absolute Gasteiger partial charge is 0.508 e. The Bertz CT molecular complexity index is 835. The quantitative estimate of drug-likeness (QED) is 0.605. The third kappa shape index (κ3) is 4.64. The number of benzene rings is 2. The zero-order valence-electron chi connectivity index (χ0n) is 13.0. The van der Waals surface area contributed by atoms with E-state index < -0.39 is 15.9 Å². The first kappa shape index (κ1) is 17.6. The van der Waals surface area contributed by atoms with Crippen LogP contribution in [0.2, 0.25) is 0 Å². The first-order chi connectivity index (χ1) is 11.4. The number of rotatable bonds is 6. The third-order valence-corrected chi connectivity index (χ3v) is 4.91. The van der Waals surface area contributed by atoms with E-state index in [1.165, 1.54) is 37.5 Å². The highest BCUT2D eigenvalue weighted by Gasteiger charge is 2.22. The summed E-state index contributed by atoms with van der Waals surface area (Å²) in [5, 5.41) is 13.0. The van der Waals surface area contributed by atoms with Gasteiger partial charge in [-0.3, -0.25) is 4.79 Å². The average Bonchev–Trinajstić information content (AvgIpc) is 2.55. The normalized spacial score (nSPS) is 11.8. The summed E-state index contributed by atoms with van der Waals surface area (Å²) < 4.78 is 25.5. The van der Waals surface area contributed by atoms with Crippen molar-refractivity contribution in [3.05, 3.63) is 60.2 Å². The van der Waals surface area contributed by atoms with Crippen LogP contribution < -0.4 is 5.43 Å². The molecule has 0 fully saturated rings. The zero-order valence-corrected chi connectivity index (χ0v) is 13.8. The SMILES string of the molecule is CN(CC(=O)N/N=C\c1cccc(O)c1)S(=O)(=O)c1ccccc1. The lowest BCUT2D eigenvalue weighted by molar-refractivity contribution is -0.121. The van der Waals surface area contributed by atoms with E-state index in [4.69, 9.17) is 0 Å². The molecule has 0 unspecified atom stereocenters. The lowest BCUT2D eigenvalue weighted by atomic mass is 10.2. The Labute approximate surface area is 140 Å². The van der Waals surface area contributed by atoms with Gasteiger partial charge in [0, 0.05) is 7.05 Å². The van der Waals surface area contributed by atoms with E-state index in [0.717, 1.165) is 4.31 Å². The molecule has 8 heteroatoms. The Balaban J connectivity index is 1.94. The fraction of sp³-hybridized carbons (Fsp3) is 0.125. The number of likely N-dealkylation sites (N-methyl/N-ethyl adjacent to an activating group) is 1. The fourth-order valence-electron chi connectivity index (χ4n) is 1.88. The van der Waals surface area contributed by atoms with E-state index in [9.17, 15) is 18.3 Å². The Kier molecular flexibility index (Phi) is 5.67. The van der Waals surface area contributed by atoms with Crippen LogP contribution in [0.15, 0.2) is 64.6 Å². The lowest BCUT2D eigenvalue weighted by Crippen LogP contribution is -2.36. The molecule has 0 bridgehead atoms. The van der Waals surface area contributed by atoms with Gasteiger partial charge in [-0.2, -0.15) is 9.41 Å². The highest BCUT2D eigenvalue weighted by molar-refractivity contribution is 7.89. The van der Waals surface area contributed by atoms with E-state index in [1.54, 1.807) is 30.3 Å². The summed E-state index contributed by atoms with van der Waals surface area (Å²) in [6, 6.07) is 14.2. The first-order valence-electron chi connectivity index (χ1n) is 7.02. The summed E-state index contributed by atoms with van der Waals surface area (Å²) in [4.78, 5) is 11.9. The molecule has 0 aliphatic rings. The summed E-state index contributed by atoms with van der Waals surface area (Å²) in [6.07, 6.45) is 1.35. The van der Waals surface area contributed by atoms with Gasteiger partial charge in [0.1, 0.15) is 5.75 Å². The van der Waals surface area contributed by atoms with Crippen LogP contribution in [-0.4, -0.2) is 43.5 Å². The van der Waals surface area contributed by atoms with Gasteiger partial charge in [0.15, 0.2) is 0 Å². The number of hydrogen-bond donors (Lipinski definition) is 2. The summed E-state index contributed by atoms with van der Waals surface area (Å²) >= 11 is 0. The molecule has 24 heavy (non-hydrogen) atoms. The Morgan fingerprint density at radius 1 is 1.21 bits per heavy atom. The van der Waals surface area contributed by atoms with Crippen molar-refractivity contribution in [2.75, 3.05) is 13.6 Å². The number of carbonyl (C=O) groups is 1. The molecule has 7 nitrogen and oxygen atoms in total. The molecule has 0 saturated carbocycles. The number of hydrazone groups is 1. The van der Waals surface area contributed by atoms with Crippen molar-refractivity contribution in [3.63, 3.8) is 0 Å². The molecule has 0 atom stereocenters. The Morgan fingerprint density at radius 2 is 1.92 bits per heavy atom. The minimum Gasteiger partial charge on any atom is -0.508 e. The van der Waals surface area contributed by atoms with Gasteiger partial charge in [0.2, 0.25) is 10.0 Å². The smallest absolute Gasteiger partial charge is 0.255 e. The van der Waals surface area contributed by atoms with Gasteiger partial charge >= 0.3 is 0 Å². The topological polar surface area (TPSA) is 99.1 Å². The number of phenols is 1. The number of amides is 1. The second-order valence-electron chi connectivity index (χ2n) is 4.96. The van der Waals surface area contributed by atoms with E-state index in [2.05, 4.69) is 10.5 Å². The molecule has 0 aliphatic carbocycles. The zero-order chi connectivity index (χ0) is 17.6. The van der Waals surface area contributed by atoms with E-state index in [1.807, 2.05) is 0 Å². The van der Waals surface area contributed by atoms with Crippen molar-refractivity contribution >= 4 is 22.1 Å². The molecular formula is C16H17N3O4S. The number of phenolic OH excluding ortho intramolecular Hbond substituents is 1. The number of carbonyl (C=O) groups excluding carboxylic acids is 1. The second kappa shape index (κ2) is 7.71.